The lowest BCUT2D eigenvalue weighted by molar-refractivity contribution is -0.137. The highest BCUT2D eigenvalue weighted by atomic mass is 19.1. The summed E-state index contributed by atoms with van der Waals surface area (Å²) in [5, 5.41) is 22.1. The minimum Gasteiger partial charge on any atom is -0.481 e. The van der Waals surface area contributed by atoms with E-state index in [9.17, 15) is 14.3 Å². The molecule has 0 radical (unpaired) electrons. The van der Waals surface area contributed by atoms with Gasteiger partial charge in [0.15, 0.2) is 0 Å². The Morgan fingerprint density at radius 2 is 1.89 bits per heavy atom. The third-order valence-electron chi connectivity index (χ3n) is 2.81. The van der Waals surface area contributed by atoms with E-state index in [1.54, 1.807) is 0 Å². The predicted molar refractivity (Wildman–Crippen MR) is 70.3 cm³/mol. The highest BCUT2D eigenvalue weighted by molar-refractivity contribution is 5.66. The molecule has 2 atom stereocenters. The Bertz CT molecular complexity index is 406. The summed E-state index contributed by atoms with van der Waals surface area (Å²) in [6, 6.07) is 5.33. The quantitative estimate of drug-likeness (QED) is 0.709. The number of hydrogen-bond acceptors (Lipinski definition) is 3. The molecule has 0 aliphatic heterocycles. The first kappa shape index (κ1) is 15.6. The number of nitrogens with one attached hydrogen (secondary N) is 1. The summed E-state index contributed by atoms with van der Waals surface area (Å²) in [6.45, 7) is 3.84. The number of halogens is 1. The zero-order valence-corrected chi connectivity index (χ0v) is 11.1. The number of aliphatic carboxylic acids is 1. The molecule has 0 saturated heterocycles. The highest BCUT2D eigenvalue weighted by Crippen LogP contribution is 2.21. The molecule has 19 heavy (non-hydrogen) atoms. The van der Waals surface area contributed by atoms with Crippen LogP contribution < -0.4 is 5.32 Å². The van der Waals surface area contributed by atoms with Crippen LogP contribution in [0.2, 0.25) is 0 Å². The van der Waals surface area contributed by atoms with E-state index in [0.29, 0.717) is 12.0 Å². The Morgan fingerprint density at radius 1 is 1.32 bits per heavy atom. The van der Waals surface area contributed by atoms with Crippen molar-refractivity contribution in [1.29, 1.82) is 0 Å². The van der Waals surface area contributed by atoms with Crippen LogP contribution in [0.5, 0.6) is 0 Å². The van der Waals surface area contributed by atoms with E-state index >= 15 is 0 Å². The number of carbonyl (C=O) groups is 1. The first-order chi connectivity index (χ1) is 8.90. The van der Waals surface area contributed by atoms with E-state index in [1.807, 2.05) is 13.8 Å². The third-order valence-corrected chi connectivity index (χ3v) is 2.81. The normalized spacial score (nSPS) is 14.4. The first-order valence-electron chi connectivity index (χ1n) is 6.31. The van der Waals surface area contributed by atoms with E-state index < -0.39 is 12.1 Å². The van der Waals surface area contributed by atoms with Gasteiger partial charge in [0.1, 0.15) is 5.82 Å². The number of carboxylic acids is 1. The van der Waals surface area contributed by atoms with Crippen LogP contribution in [-0.4, -0.2) is 28.3 Å². The average Bonchev–Trinajstić information content (AvgIpc) is 2.34. The monoisotopic (exact) mass is 269 g/mol. The van der Waals surface area contributed by atoms with Crippen LogP contribution in [0.4, 0.5) is 4.39 Å². The summed E-state index contributed by atoms with van der Waals surface area (Å²) in [4.78, 5) is 10.6. The van der Waals surface area contributed by atoms with E-state index in [4.69, 9.17) is 5.11 Å². The molecule has 0 aliphatic rings. The lowest BCUT2D eigenvalue weighted by Crippen LogP contribution is -2.39. The maximum Gasteiger partial charge on any atom is 0.303 e. The summed E-state index contributed by atoms with van der Waals surface area (Å²) in [5.74, 6) is -1.27. The molecule has 0 aliphatic carbocycles. The van der Waals surface area contributed by atoms with E-state index in [1.165, 1.54) is 24.3 Å². The minimum atomic E-state index is -0.901. The third kappa shape index (κ3) is 5.36. The van der Waals surface area contributed by atoms with Crippen LogP contribution in [0.1, 0.15) is 38.4 Å². The molecule has 2 unspecified atom stereocenters. The van der Waals surface area contributed by atoms with Crippen molar-refractivity contribution in [2.24, 2.45) is 0 Å². The number of benzene rings is 1. The van der Waals surface area contributed by atoms with Crippen LogP contribution in [0.25, 0.3) is 0 Å². The molecule has 1 aromatic rings. The van der Waals surface area contributed by atoms with Gasteiger partial charge in [0.05, 0.1) is 6.10 Å². The van der Waals surface area contributed by atoms with Gasteiger partial charge in [-0.1, -0.05) is 26.0 Å². The van der Waals surface area contributed by atoms with Gasteiger partial charge in [0, 0.05) is 18.5 Å². The van der Waals surface area contributed by atoms with Crippen molar-refractivity contribution < 1.29 is 19.4 Å². The zero-order valence-electron chi connectivity index (χ0n) is 11.1. The molecule has 106 valence electrons. The molecule has 5 heteroatoms. The van der Waals surface area contributed by atoms with Crippen LogP contribution in [0, 0.1) is 5.82 Å². The molecule has 0 saturated carbocycles. The van der Waals surface area contributed by atoms with E-state index in [-0.39, 0.29) is 24.3 Å². The molecule has 4 nitrogen and oxygen atoms in total. The second kappa shape index (κ2) is 7.21. The van der Waals surface area contributed by atoms with Gasteiger partial charge in [0.25, 0.3) is 0 Å². The predicted octanol–water partition coefficient (Wildman–Crippen LogP) is 2.09. The Balaban J connectivity index is 2.77. The molecule has 1 aromatic carbocycles. The molecule has 0 aromatic heterocycles. The summed E-state index contributed by atoms with van der Waals surface area (Å²) < 4.78 is 12.8. The Kier molecular flexibility index (Phi) is 5.92. The van der Waals surface area contributed by atoms with Gasteiger partial charge in [-0.3, -0.25) is 4.79 Å². The summed E-state index contributed by atoms with van der Waals surface area (Å²) in [5.41, 5.74) is 0.574. The van der Waals surface area contributed by atoms with Crippen LogP contribution >= 0.6 is 0 Å². The number of hydrogen-bond donors (Lipinski definition) is 3. The number of rotatable bonds is 7. The standard InChI is InChI=1S/C14H20FNO3/c1-9(2)16-12(7-8-13(17)18)14(19)10-3-5-11(15)6-4-10/h3-6,9,12,14,16,19H,7-8H2,1-2H3,(H,17,18). The van der Waals surface area contributed by atoms with Gasteiger partial charge in [-0.15, -0.1) is 0 Å². The molecular weight excluding hydrogens is 249 g/mol. The summed E-state index contributed by atoms with van der Waals surface area (Å²) in [7, 11) is 0. The molecule has 3 N–H and O–H groups in total. The molecule has 0 heterocycles. The second-order valence-corrected chi connectivity index (χ2v) is 4.86. The Labute approximate surface area is 112 Å². The first-order valence-corrected chi connectivity index (χ1v) is 6.31. The molecule has 0 amide bonds. The van der Waals surface area contributed by atoms with Gasteiger partial charge in [-0.2, -0.15) is 0 Å². The maximum absolute atomic E-state index is 12.8. The van der Waals surface area contributed by atoms with Gasteiger partial charge < -0.3 is 15.5 Å². The van der Waals surface area contributed by atoms with E-state index in [2.05, 4.69) is 5.32 Å². The van der Waals surface area contributed by atoms with Gasteiger partial charge in [-0.25, -0.2) is 4.39 Å². The van der Waals surface area contributed by atoms with Crippen molar-refractivity contribution in [2.45, 2.75) is 44.9 Å². The topological polar surface area (TPSA) is 69.6 Å². The van der Waals surface area contributed by atoms with Gasteiger partial charge in [0.2, 0.25) is 0 Å². The Morgan fingerprint density at radius 3 is 2.37 bits per heavy atom. The number of aliphatic hydroxyl groups excluding tert-OH is 1. The van der Waals surface area contributed by atoms with Crippen molar-refractivity contribution in [3.8, 4) is 0 Å². The van der Waals surface area contributed by atoms with Crippen LogP contribution in [-0.2, 0) is 4.79 Å². The maximum atomic E-state index is 12.8. The van der Waals surface area contributed by atoms with Crippen LogP contribution in [0.15, 0.2) is 24.3 Å². The fourth-order valence-electron chi connectivity index (χ4n) is 1.93. The van der Waals surface area contributed by atoms with Crippen LogP contribution in [0.3, 0.4) is 0 Å². The van der Waals surface area contributed by atoms with Crippen molar-refractivity contribution >= 4 is 5.97 Å². The molecular formula is C14H20FNO3. The van der Waals surface area contributed by atoms with Crippen molar-refractivity contribution in [3.63, 3.8) is 0 Å². The smallest absolute Gasteiger partial charge is 0.303 e. The van der Waals surface area contributed by atoms with Crippen molar-refractivity contribution in [1.82, 2.24) is 5.32 Å². The van der Waals surface area contributed by atoms with Crippen molar-refractivity contribution in [2.75, 3.05) is 0 Å². The molecule has 1 rings (SSSR count). The number of aliphatic hydroxyl groups is 1. The summed E-state index contributed by atoms with van der Waals surface area (Å²) >= 11 is 0. The SMILES string of the molecule is CC(C)NC(CCC(=O)O)C(O)c1ccc(F)cc1. The van der Waals surface area contributed by atoms with E-state index in [0.717, 1.165) is 0 Å². The second-order valence-electron chi connectivity index (χ2n) is 4.86. The largest absolute Gasteiger partial charge is 0.481 e. The number of carboxylic acid groups (broad SMARTS) is 1. The summed E-state index contributed by atoms with van der Waals surface area (Å²) in [6.07, 6.45) is -0.573. The van der Waals surface area contributed by atoms with Gasteiger partial charge in [-0.05, 0) is 24.1 Å². The lowest BCUT2D eigenvalue weighted by atomic mass is 9.97. The minimum absolute atomic E-state index is 0.0252. The van der Waals surface area contributed by atoms with Gasteiger partial charge >= 0.3 is 5.97 Å². The Hall–Kier alpha value is -1.46. The lowest BCUT2D eigenvalue weighted by Gasteiger charge is -2.26. The molecule has 0 bridgehead atoms. The molecule has 0 spiro atoms. The molecule has 0 fully saturated rings. The fraction of sp³-hybridized carbons (Fsp3) is 0.500. The fourth-order valence-corrected chi connectivity index (χ4v) is 1.93. The highest BCUT2D eigenvalue weighted by Gasteiger charge is 2.22. The average molecular weight is 269 g/mol. The zero-order chi connectivity index (χ0) is 14.4. The van der Waals surface area contributed by atoms with Crippen molar-refractivity contribution in [3.05, 3.63) is 35.6 Å².